The lowest BCUT2D eigenvalue weighted by molar-refractivity contribution is 0.0491. The van der Waals surface area contributed by atoms with Crippen molar-refractivity contribution in [2.75, 3.05) is 19.8 Å². The predicted octanol–water partition coefficient (Wildman–Crippen LogP) is 3.60. The summed E-state index contributed by atoms with van der Waals surface area (Å²) in [5, 5.41) is 0.544. The van der Waals surface area contributed by atoms with Crippen LogP contribution >= 0.6 is 0 Å². The molecular formula is C23H25NO7S. The third-order valence-corrected chi connectivity index (χ3v) is 6.77. The van der Waals surface area contributed by atoms with Gasteiger partial charge in [-0.15, -0.1) is 0 Å². The van der Waals surface area contributed by atoms with E-state index in [2.05, 4.69) is 4.72 Å². The van der Waals surface area contributed by atoms with Gasteiger partial charge in [-0.2, -0.15) is 0 Å². The number of nitrogens with one attached hydrogen (secondary N) is 1. The van der Waals surface area contributed by atoms with Gasteiger partial charge in [0.1, 0.15) is 12.2 Å². The molecule has 0 spiro atoms. The Morgan fingerprint density at radius 1 is 1.19 bits per heavy atom. The standard InChI is InChI=1S/C23H25NO7S/c1-4-28-20-8-6-7-15-11-16(13-30-22(15)20)24-32(26,27)17-9-10-19-18(12-17)14(3)21(31-19)23(25)29-5-2/h6-10,12,16,24H,4-5,11,13H2,1-3H3/t16-/m1/s1. The fraction of sp³-hybridized carbons (Fsp3) is 0.348. The van der Waals surface area contributed by atoms with Crippen LogP contribution in [0.4, 0.5) is 0 Å². The van der Waals surface area contributed by atoms with E-state index in [9.17, 15) is 13.2 Å². The largest absolute Gasteiger partial charge is 0.490 e. The van der Waals surface area contributed by atoms with Crippen molar-refractivity contribution in [2.24, 2.45) is 0 Å². The summed E-state index contributed by atoms with van der Waals surface area (Å²) in [5.74, 6) is 0.816. The second-order valence-corrected chi connectivity index (χ2v) is 9.16. The molecule has 1 aliphatic rings. The summed E-state index contributed by atoms with van der Waals surface area (Å²) in [6.07, 6.45) is 0.482. The number of aryl methyl sites for hydroxylation is 1. The Bertz CT molecular complexity index is 1260. The van der Waals surface area contributed by atoms with E-state index in [1.54, 1.807) is 19.9 Å². The van der Waals surface area contributed by atoms with Crippen molar-refractivity contribution in [3.05, 3.63) is 53.3 Å². The molecule has 0 fully saturated rings. The first-order valence-corrected chi connectivity index (χ1v) is 11.9. The smallest absolute Gasteiger partial charge is 0.374 e. The molecule has 0 radical (unpaired) electrons. The molecule has 0 unspecified atom stereocenters. The summed E-state index contributed by atoms with van der Waals surface area (Å²) >= 11 is 0. The number of carbonyl (C=O) groups excluding carboxylic acids is 1. The highest BCUT2D eigenvalue weighted by Crippen LogP contribution is 2.35. The van der Waals surface area contributed by atoms with Gasteiger partial charge in [-0.25, -0.2) is 17.9 Å². The van der Waals surface area contributed by atoms with Crippen LogP contribution < -0.4 is 14.2 Å². The maximum Gasteiger partial charge on any atom is 0.374 e. The van der Waals surface area contributed by atoms with Gasteiger partial charge in [0.15, 0.2) is 11.5 Å². The average Bonchev–Trinajstić information content (AvgIpc) is 3.10. The monoisotopic (exact) mass is 459 g/mol. The Kier molecular flexibility index (Phi) is 6.12. The minimum Gasteiger partial charge on any atom is -0.490 e. The third-order valence-electron chi connectivity index (χ3n) is 5.26. The van der Waals surface area contributed by atoms with E-state index in [0.717, 1.165) is 5.56 Å². The van der Waals surface area contributed by atoms with Crippen LogP contribution in [0.25, 0.3) is 11.0 Å². The van der Waals surface area contributed by atoms with Crippen LogP contribution in [0.5, 0.6) is 11.5 Å². The summed E-state index contributed by atoms with van der Waals surface area (Å²) in [7, 11) is -3.83. The zero-order chi connectivity index (χ0) is 22.9. The molecule has 170 valence electrons. The van der Waals surface area contributed by atoms with Crippen LogP contribution in [0, 0.1) is 6.92 Å². The lowest BCUT2D eigenvalue weighted by atomic mass is 10.0. The van der Waals surface area contributed by atoms with Gasteiger partial charge in [-0.1, -0.05) is 12.1 Å². The van der Waals surface area contributed by atoms with Crippen molar-refractivity contribution in [3.8, 4) is 11.5 Å². The fourth-order valence-corrected chi connectivity index (χ4v) is 5.03. The summed E-state index contributed by atoms with van der Waals surface area (Å²) in [6, 6.07) is 9.66. The predicted molar refractivity (Wildman–Crippen MR) is 118 cm³/mol. The van der Waals surface area contributed by atoms with Crippen molar-refractivity contribution >= 4 is 27.0 Å². The number of carbonyl (C=O) groups is 1. The zero-order valence-electron chi connectivity index (χ0n) is 18.1. The molecule has 0 saturated heterocycles. The van der Waals surface area contributed by atoms with Gasteiger partial charge >= 0.3 is 5.97 Å². The van der Waals surface area contributed by atoms with Gasteiger partial charge in [-0.3, -0.25) is 0 Å². The van der Waals surface area contributed by atoms with E-state index in [1.807, 2.05) is 25.1 Å². The van der Waals surface area contributed by atoms with Gasteiger partial charge in [0.05, 0.1) is 24.2 Å². The van der Waals surface area contributed by atoms with E-state index in [0.29, 0.717) is 41.1 Å². The first-order chi connectivity index (χ1) is 15.3. The van der Waals surface area contributed by atoms with Crippen LogP contribution in [-0.2, 0) is 21.2 Å². The van der Waals surface area contributed by atoms with Crippen molar-refractivity contribution in [1.29, 1.82) is 0 Å². The van der Waals surface area contributed by atoms with E-state index in [4.69, 9.17) is 18.6 Å². The Morgan fingerprint density at radius 3 is 2.75 bits per heavy atom. The van der Waals surface area contributed by atoms with E-state index in [1.165, 1.54) is 12.1 Å². The van der Waals surface area contributed by atoms with Crippen LogP contribution in [0.15, 0.2) is 45.7 Å². The average molecular weight is 460 g/mol. The summed E-state index contributed by atoms with van der Waals surface area (Å²) in [6.45, 7) is 6.23. The number of fused-ring (bicyclic) bond motifs is 2. The number of rotatable bonds is 7. The molecule has 9 heteroatoms. The fourth-order valence-electron chi connectivity index (χ4n) is 3.78. The van der Waals surface area contributed by atoms with Crippen molar-refractivity contribution in [1.82, 2.24) is 4.72 Å². The van der Waals surface area contributed by atoms with Gasteiger partial charge in [0, 0.05) is 10.9 Å². The highest BCUT2D eigenvalue weighted by molar-refractivity contribution is 7.89. The molecule has 1 aromatic heterocycles. The molecule has 8 nitrogen and oxygen atoms in total. The van der Waals surface area contributed by atoms with Gasteiger partial charge in [0.2, 0.25) is 15.8 Å². The lowest BCUT2D eigenvalue weighted by Crippen LogP contribution is -2.42. The Morgan fingerprint density at radius 2 is 2.00 bits per heavy atom. The van der Waals surface area contributed by atoms with Crippen LogP contribution in [0.1, 0.15) is 35.5 Å². The molecule has 0 saturated carbocycles. The minimum atomic E-state index is -3.83. The molecule has 3 aromatic rings. The van der Waals surface area contributed by atoms with Gasteiger partial charge in [0.25, 0.3) is 0 Å². The Balaban J connectivity index is 1.57. The highest BCUT2D eigenvalue weighted by atomic mass is 32.2. The molecule has 4 rings (SSSR count). The summed E-state index contributed by atoms with van der Waals surface area (Å²) in [4.78, 5) is 12.2. The maximum atomic E-state index is 13.1. The second kappa shape index (κ2) is 8.84. The Labute approximate surface area is 186 Å². The molecule has 0 aliphatic carbocycles. The number of benzene rings is 2. The maximum absolute atomic E-state index is 13.1. The second-order valence-electron chi connectivity index (χ2n) is 7.45. The van der Waals surface area contributed by atoms with E-state index < -0.39 is 22.0 Å². The third kappa shape index (κ3) is 4.18. The number of hydrogen-bond donors (Lipinski definition) is 1. The van der Waals surface area contributed by atoms with Crippen molar-refractivity contribution in [3.63, 3.8) is 0 Å². The van der Waals surface area contributed by atoms with Crippen LogP contribution in [0.2, 0.25) is 0 Å². The number of para-hydroxylation sites is 1. The molecule has 1 aliphatic heterocycles. The zero-order valence-corrected chi connectivity index (χ0v) is 19.0. The van der Waals surface area contributed by atoms with Gasteiger partial charge < -0.3 is 18.6 Å². The normalized spacial score (nSPS) is 15.8. The van der Waals surface area contributed by atoms with Crippen LogP contribution in [-0.4, -0.2) is 40.2 Å². The first-order valence-electron chi connectivity index (χ1n) is 10.4. The van der Waals surface area contributed by atoms with Gasteiger partial charge in [-0.05, 0) is 57.0 Å². The molecule has 0 bridgehead atoms. The highest BCUT2D eigenvalue weighted by Gasteiger charge is 2.28. The molecule has 2 heterocycles. The summed E-state index contributed by atoms with van der Waals surface area (Å²) < 4.78 is 50.9. The topological polar surface area (TPSA) is 104 Å². The van der Waals surface area contributed by atoms with Crippen molar-refractivity contribution < 1.29 is 31.8 Å². The van der Waals surface area contributed by atoms with Crippen LogP contribution in [0.3, 0.4) is 0 Å². The van der Waals surface area contributed by atoms with E-state index >= 15 is 0 Å². The molecular weight excluding hydrogens is 434 g/mol. The lowest BCUT2D eigenvalue weighted by Gasteiger charge is -2.27. The Hall–Kier alpha value is -3.04. The van der Waals surface area contributed by atoms with Crippen molar-refractivity contribution in [2.45, 2.75) is 38.1 Å². The number of esters is 1. The first kappa shape index (κ1) is 22.2. The quantitative estimate of drug-likeness (QED) is 0.538. The number of ether oxygens (including phenoxy) is 3. The number of sulfonamides is 1. The molecule has 2 aromatic carbocycles. The molecule has 1 N–H and O–H groups in total. The SMILES string of the molecule is CCOC(=O)c1oc2ccc(S(=O)(=O)N[C@H]3COc4c(cccc4OCC)C3)cc2c1C. The van der Waals surface area contributed by atoms with E-state index in [-0.39, 0.29) is 23.9 Å². The number of furan rings is 1. The molecule has 1 atom stereocenters. The summed E-state index contributed by atoms with van der Waals surface area (Å²) in [5.41, 5.74) is 1.84. The number of hydrogen-bond acceptors (Lipinski definition) is 7. The minimum absolute atomic E-state index is 0.0757. The molecule has 0 amide bonds. The molecule has 32 heavy (non-hydrogen) atoms.